The Labute approximate surface area is 123 Å². The molecule has 0 atom stereocenters. The average Bonchev–Trinajstić information content (AvgIpc) is 2.43. The Balaban J connectivity index is 1.78. The Hall–Kier alpha value is -1.65. The van der Waals surface area contributed by atoms with E-state index < -0.39 is 0 Å². The lowest BCUT2D eigenvalue weighted by Gasteiger charge is -2.10. The molecule has 0 bridgehead atoms. The second-order valence-corrected chi connectivity index (χ2v) is 4.77. The molecule has 1 heterocycles. The van der Waals surface area contributed by atoms with Crippen molar-refractivity contribution in [2.75, 3.05) is 11.9 Å². The lowest BCUT2D eigenvalue weighted by Crippen LogP contribution is -2.30. The van der Waals surface area contributed by atoms with Crippen LogP contribution in [0.25, 0.3) is 0 Å². The lowest BCUT2D eigenvalue weighted by atomic mass is 10.1. The molecule has 0 aliphatic rings. The highest BCUT2D eigenvalue weighted by molar-refractivity contribution is 7.80. The van der Waals surface area contributed by atoms with E-state index in [0.29, 0.717) is 16.0 Å². The fourth-order valence-corrected chi connectivity index (χ4v) is 1.96. The third-order valence-corrected chi connectivity index (χ3v) is 3.08. The van der Waals surface area contributed by atoms with E-state index >= 15 is 0 Å². The highest BCUT2D eigenvalue weighted by atomic mass is 35.5. The summed E-state index contributed by atoms with van der Waals surface area (Å²) in [7, 11) is 0. The smallest absolute Gasteiger partial charge is 0.171 e. The average molecular weight is 292 g/mol. The van der Waals surface area contributed by atoms with Gasteiger partial charge in [-0.05, 0) is 36.3 Å². The van der Waals surface area contributed by atoms with Gasteiger partial charge in [0.05, 0.1) is 5.02 Å². The molecular formula is C14H14ClN3S. The predicted molar refractivity (Wildman–Crippen MR) is 83.6 cm³/mol. The van der Waals surface area contributed by atoms with Crippen LogP contribution >= 0.6 is 23.8 Å². The van der Waals surface area contributed by atoms with Crippen LogP contribution in [-0.2, 0) is 6.42 Å². The molecule has 5 heteroatoms. The van der Waals surface area contributed by atoms with Crippen molar-refractivity contribution in [1.29, 1.82) is 0 Å². The molecule has 0 radical (unpaired) electrons. The van der Waals surface area contributed by atoms with Crippen molar-refractivity contribution in [3.8, 4) is 0 Å². The minimum absolute atomic E-state index is 0.525. The number of pyridine rings is 1. The third kappa shape index (κ3) is 4.50. The van der Waals surface area contributed by atoms with Crippen molar-refractivity contribution in [3.05, 3.63) is 59.2 Å². The first-order valence-electron chi connectivity index (χ1n) is 5.95. The largest absolute Gasteiger partial charge is 0.362 e. The van der Waals surface area contributed by atoms with Gasteiger partial charge >= 0.3 is 0 Å². The van der Waals surface area contributed by atoms with Crippen molar-refractivity contribution in [1.82, 2.24) is 10.3 Å². The summed E-state index contributed by atoms with van der Waals surface area (Å²) in [5, 5.41) is 7.18. The number of rotatable bonds is 4. The van der Waals surface area contributed by atoms with E-state index in [0.717, 1.165) is 13.0 Å². The molecule has 0 aliphatic heterocycles. The minimum atomic E-state index is 0.525. The molecule has 2 N–H and O–H groups in total. The fourth-order valence-electron chi connectivity index (χ4n) is 1.59. The SMILES string of the molecule is S=C(NCCc1ccccc1)Nc1ncccc1Cl. The first-order valence-corrected chi connectivity index (χ1v) is 6.73. The molecule has 1 aromatic heterocycles. The van der Waals surface area contributed by atoms with Crippen molar-refractivity contribution >= 4 is 34.7 Å². The van der Waals surface area contributed by atoms with Gasteiger partial charge in [-0.15, -0.1) is 0 Å². The summed E-state index contributed by atoms with van der Waals surface area (Å²) in [6.07, 6.45) is 2.58. The summed E-state index contributed by atoms with van der Waals surface area (Å²) in [4.78, 5) is 4.11. The van der Waals surface area contributed by atoms with Crippen LogP contribution in [0.1, 0.15) is 5.56 Å². The van der Waals surface area contributed by atoms with Crippen LogP contribution in [0.2, 0.25) is 5.02 Å². The van der Waals surface area contributed by atoms with E-state index in [1.54, 1.807) is 18.3 Å². The van der Waals surface area contributed by atoms with Crippen LogP contribution in [0.15, 0.2) is 48.7 Å². The Kier molecular flexibility index (Phi) is 5.12. The molecule has 0 saturated carbocycles. The zero-order chi connectivity index (χ0) is 13.5. The molecule has 2 rings (SSSR count). The van der Waals surface area contributed by atoms with Gasteiger partial charge < -0.3 is 10.6 Å². The molecule has 0 amide bonds. The first kappa shape index (κ1) is 13.8. The summed E-state index contributed by atoms with van der Waals surface area (Å²) in [5.74, 6) is 0.571. The van der Waals surface area contributed by atoms with Crippen LogP contribution in [0.3, 0.4) is 0 Å². The van der Waals surface area contributed by atoms with Gasteiger partial charge in [-0.1, -0.05) is 41.9 Å². The molecule has 98 valence electrons. The Morgan fingerprint density at radius 1 is 1.16 bits per heavy atom. The molecule has 0 aliphatic carbocycles. The lowest BCUT2D eigenvalue weighted by molar-refractivity contribution is 0.873. The quantitative estimate of drug-likeness (QED) is 0.848. The van der Waals surface area contributed by atoms with Crippen molar-refractivity contribution < 1.29 is 0 Å². The van der Waals surface area contributed by atoms with E-state index in [1.807, 2.05) is 18.2 Å². The number of nitrogens with zero attached hydrogens (tertiary/aromatic N) is 1. The van der Waals surface area contributed by atoms with E-state index in [9.17, 15) is 0 Å². The number of benzene rings is 1. The number of thiocarbonyl (C=S) groups is 1. The Bertz CT molecular complexity index is 545. The number of anilines is 1. The maximum atomic E-state index is 5.99. The molecule has 0 spiro atoms. The number of hydrogen-bond donors (Lipinski definition) is 2. The normalized spacial score (nSPS) is 9.95. The van der Waals surface area contributed by atoms with Gasteiger partial charge in [-0.25, -0.2) is 4.98 Å². The van der Waals surface area contributed by atoms with E-state index in [1.165, 1.54) is 5.56 Å². The third-order valence-electron chi connectivity index (χ3n) is 2.53. The van der Waals surface area contributed by atoms with Crippen LogP contribution in [-0.4, -0.2) is 16.6 Å². The van der Waals surface area contributed by atoms with Gasteiger partial charge in [0.25, 0.3) is 0 Å². The standard InChI is InChI=1S/C14H14ClN3S/c15-12-7-4-9-16-13(12)18-14(19)17-10-8-11-5-2-1-3-6-11/h1-7,9H,8,10H2,(H2,16,17,18,19). The van der Waals surface area contributed by atoms with Gasteiger partial charge in [-0.3, -0.25) is 0 Å². The topological polar surface area (TPSA) is 37.0 Å². The molecule has 2 aromatic rings. The maximum Gasteiger partial charge on any atom is 0.171 e. The van der Waals surface area contributed by atoms with Gasteiger partial charge in [0.15, 0.2) is 10.9 Å². The van der Waals surface area contributed by atoms with Gasteiger partial charge in [0.2, 0.25) is 0 Å². The zero-order valence-electron chi connectivity index (χ0n) is 10.3. The van der Waals surface area contributed by atoms with Gasteiger partial charge in [0, 0.05) is 12.7 Å². The molecule has 0 unspecified atom stereocenters. The number of hydrogen-bond acceptors (Lipinski definition) is 2. The second kappa shape index (κ2) is 7.07. The summed E-state index contributed by atoms with van der Waals surface area (Å²) < 4.78 is 0. The fraction of sp³-hybridized carbons (Fsp3) is 0.143. The van der Waals surface area contributed by atoms with E-state index in [4.69, 9.17) is 23.8 Å². The number of halogens is 1. The highest BCUT2D eigenvalue weighted by Crippen LogP contribution is 2.16. The monoisotopic (exact) mass is 291 g/mol. The summed E-state index contributed by atoms with van der Waals surface area (Å²) in [6, 6.07) is 13.8. The Morgan fingerprint density at radius 3 is 2.68 bits per heavy atom. The highest BCUT2D eigenvalue weighted by Gasteiger charge is 2.02. The van der Waals surface area contributed by atoms with Crippen LogP contribution in [0.4, 0.5) is 5.82 Å². The van der Waals surface area contributed by atoms with Crippen molar-refractivity contribution in [3.63, 3.8) is 0 Å². The van der Waals surface area contributed by atoms with Crippen LogP contribution in [0.5, 0.6) is 0 Å². The van der Waals surface area contributed by atoms with Crippen molar-refractivity contribution in [2.45, 2.75) is 6.42 Å². The molecule has 3 nitrogen and oxygen atoms in total. The summed E-state index contributed by atoms with van der Waals surface area (Å²) in [5.41, 5.74) is 1.27. The number of aromatic nitrogens is 1. The molecular weight excluding hydrogens is 278 g/mol. The van der Waals surface area contributed by atoms with Crippen molar-refractivity contribution in [2.24, 2.45) is 0 Å². The maximum absolute atomic E-state index is 5.99. The summed E-state index contributed by atoms with van der Waals surface area (Å²) >= 11 is 11.2. The number of nitrogens with one attached hydrogen (secondary N) is 2. The zero-order valence-corrected chi connectivity index (χ0v) is 11.8. The van der Waals surface area contributed by atoms with Gasteiger partial charge in [0.1, 0.15) is 0 Å². The molecule has 0 fully saturated rings. The molecule has 19 heavy (non-hydrogen) atoms. The van der Waals surface area contributed by atoms with E-state index in [-0.39, 0.29) is 0 Å². The summed E-state index contributed by atoms with van der Waals surface area (Å²) in [6.45, 7) is 0.764. The molecule has 1 aromatic carbocycles. The minimum Gasteiger partial charge on any atom is -0.362 e. The van der Waals surface area contributed by atoms with Crippen LogP contribution in [0, 0.1) is 0 Å². The van der Waals surface area contributed by atoms with Gasteiger partial charge in [-0.2, -0.15) is 0 Å². The first-order chi connectivity index (χ1) is 9.25. The predicted octanol–water partition coefficient (Wildman–Crippen LogP) is 3.26. The van der Waals surface area contributed by atoms with Crippen LogP contribution < -0.4 is 10.6 Å². The molecule has 0 saturated heterocycles. The Morgan fingerprint density at radius 2 is 1.95 bits per heavy atom. The van der Waals surface area contributed by atoms with E-state index in [2.05, 4.69) is 27.8 Å². The second-order valence-electron chi connectivity index (χ2n) is 3.95.